The van der Waals surface area contributed by atoms with Crippen LogP contribution in [-0.4, -0.2) is 5.11 Å². The molecule has 1 heteroatoms. The molecule has 70 valence electrons. The fourth-order valence-electron chi connectivity index (χ4n) is 1.88. The van der Waals surface area contributed by atoms with Gasteiger partial charge in [-0.05, 0) is 31.2 Å². The lowest BCUT2D eigenvalue weighted by Gasteiger charge is -2.30. The molecule has 13 heavy (non-hydrogen) atoms. The van der Waals surface area contributed by atoms with Crippen molar-refractivity contribution in [1.29, 1.82) is 0 Å². The van der Waals surface area contributed by atoms with Gasteiger partial charge in [0.05, 0.1) is 6.10 Å². The first kappa shape index (κ1) is 8.76. The van der Waals surface area contributed by atoms with Crippen LogP contribution in [0.25, 0.3) is 0 Å². The van der Waals surface area contributed by atoms with Crippen molar-refractivity contribution in [3.05, 3.63) is 35.4 Å². The second-order valence-corrected chi connectivity index (χ2v) is 4.05. The average molecular weight is 176 g/mol. The summed E-state index contributed by atoms with van der Waals surface area (Å²) in [5.41, 5.74) is 2.32. The molecule has 1 atom stereocenters. The number of aryl methyl sites for hydroxylation is 1. The third kappa shape index (κ3) is 1.75. The Kier molecular flexibility index (Phi) is 2.36. The maximum atomic E-state index is 9.96. The van der Waals surface area contributed by atoms with E-state index in [2.05, 4.69) is 19.1 Å². The van der Waals surface area contributed by atoms with E-state index in [4.69, 9.17) is 0 Å². The standard InChI is InChI=1S/C12H16O/c1-9-4-2-7-11(8-9)12(13)10-5-3-6-10/h2,4,7-8,10,12-13H,3,5-6H2,1H3. The molecule has 1 saturated carbocycles. The highest BCUT2D eigenvalue weighted by Gasteiger charge is 2.26. The zero-order valence-corrected chi connectivity index (χ0v) is 8.03. The van der Waals surface area contributed by atoms with Crippen LogP contribution < -0.4 is 0 Å². The van der Waals surface area contributed by atoms with Crippen molar-refractivity contribution >= 4 is 0 Å². The Bertz CT molecular complexity index is 289. The molecule has 0 saturated heterocycles. The van der Waals surface area contributed by atoms with E-state index in [-0.39, 0.29) is 6.10 Å². The predicted octanol–water partition coefficient (Wildman–Crippen LogP) is 2.83. The Morgan fingerprint density at radius 1 is 1.38 bits per heavy atom. The number of hydrogen-bond donors (Lipinski definition) is 1. The minimum absolute atomic E-state index is 0.228. The molecule has 0 radical (unpaired) electrons. The van der Waals surface area contributed by atoms with E-state index >= 15 is 0 Å². The molecule has 1 unspecified atom stereocenters. The van der Waals surface area contributed by atoms with Gasteiger partial charge in [0.2, 0.25) is 0 Å². The second kappa shape index (κ2) is 3.51. The molecule has 0 aliphatic heterocycles. The van der Waals surface area contributed by atoms with Crippen LogP contribution in [0.15, 0.2) is 24.3 Å². The molecule has 0 aromatic heterocycles. The lowest BCUT2D eigenvalue weighted by molar-refractivity contribution is 0.0620. The van der Waals surface area contributed by atoms with Gasteiger partial charge >= 0.3 is 0 Å². The lowest BCUT2D eigenvalue weighted by atomic mass is 9.78. The molecule has 1 aromatic carbocycles. The van der Waals surface area contributed by atoms with Crippen molar-refractivity contribution in [2.75, 3.05) is 0 Å². The maximum Gasteiger partial charge on any atom is 0.0818 e. The number of hydrogen-bond acceptors (Lipinski definition) is 1. The first-order valence-electron chi connectivity index (χ1n) is 5.02. The van der Waals surface area contributed by atoms with E-state index in [9.17, 15) is 5.11 Å². The first-order valence-corrected chi connectivity index (χ1v) is 5.02. The monoisotopic (exact) mass is 176 g/mol. The lowest BCUT2D eigenvalue weighted by Crippen LogP contribution is -2.19. The van der Waals surface area contributed by atoms with Crippen LogP contribution in [0.5, 0.6) is 0 Å². The average Bonchev–Trinajstić information content (AvgIpc) is 2.01. The van der Waals surface area contributed by atoms with Gasteiger partial charge in [-0.3, -0.25) is 0 Å². The van der Waals surface area contributed by atoms with Gasteiger partial charge in [0.15, 0.2) is 0 Å². The second-order valence-electron chi connectivity index (χ2n) is 4.05. The molecule has 1 aromatic rings. The normalized spacial score (nSPS) is 19.5. The molecule has 1 nitrogen and oxygen atoms in total. The van der Waals surface area contributed by atoms with Crippen molar-refractivity contribution in [2.45, 2.75) is 32.3 Å². The van der Waals surface area contributed by atoms with Crippen LogP contribution in [0.2, 0.25) is 0 Å². The van der Waals surface area contributed by atoms with Crippen molar-refractivity contribution in [3.63, 3.8) is 0 Å². The molecule has 0 amide bonds. The topological polar surface area (TPSA) is 20.2 Å². The molecular weight excluding hydrogens is 160 g/mol. The van der Waals surface area contributed by atoms with Gasteiger partial charge in [-0.15, -0.1) is 0 Å². The third-order valence-corrected chi connectivity index (χ3v) is 2.98. The van der Waals surface area contributed by atoms with Crippen LogP contribution in [0.3, 0.4) is 0 Å². The minimum Gasteiger partial charge on any atom is -0.388 e. The van der Waals surface area contributed by atoms with Gasteiger partial charge in [0.25, 0.3) is 0 Å². The van der Waals surface area contributed by atoms with Crippen molar-refractivity contribution in [2.24, 2.45) is 5.92 Å². The van der Waals surface area contributed by atoms with Gasteiger partial charge in [-0.2, -0.15) is 0 Å². The van der Waals surface area contributed by atoms with Crippen LogP contribution in [0.1, 0.15) is 36.5 Å². The van der Waals surface area contributed by atoms with E-state index < -0.39 is 0 Å². The molecule has 1 N–H and O–H groups in total. The van der Waals surface area contributed by atoms with Gasteiger partial charge in [-0.1, -0.05) is 36.2 Å². The largest absolute Gasteiger partial charge is 0.388 e. The quantitative estimate of drug-likeness (QED) is 0.734. The molecule has 0 spiro atoms. The summed E-state index contributed by atoms with van der Waals surface area (Å²) in [5, 5.41) is 9.96. The van der Waals surface area contributed by atoms with Crippen molar-refractivity contribution in [3.8, 4) is 0 Å². The Morgan fingerprint density at radius 3 is 2.69 bits per heavy atom. The summed E-state index contributed by atoms with van der Waals surface area (Å²) in [5.74, 6) is 0.516. The Labute approximate surface area is 79.4 Å². The number of rotatable bonds is 2. The highest BCUT2D eigenvalue weighted by Crippen LogP contribution is 2.37. The van der Waals surface area contributed by atoms with E-state index in [1.54, 1.807) is 0 Å². The van der Waals surface area contributed by atoms with Crippen LogP contribution in [0.4, 0.5) is 0 Å². The molecule has 2 rings (SSSR count). The summed E-state index contributed by atoms with van der Waals surface area (Å²) in [6, 6.07) is 8.20. The SMILES string of the molecule is Cc1cccc(C(O)C2CCC2)c1. The zero-order chi connectivity index (χ0) is 9.26. The molecule has 1 aliphatic carbocycles. The Morgan fingerprint density at radius 2 is 2.15 bits per heavy atom. The molecule has 1 aliphatic rings. The van der Waals surface area contributed by atoms with Gasteiger partial charge in [-0.25, -0.2) is 0 Å². The van der Waals surface area contributed by atoms with Crippen molar-refractivity contribution < 1.29 is 5.11 Å². The number of benzene rings is 1. The first-order chi connectivity index (χ1) is 6.27. The van der Waals surface area contributed by atoms with Gasteiger partial charge in [0, 0.05) is 0 Å². The fraction of sp³-hybridized carbons (Fsp3) is 0.500. The van der Waals surface area contributed by atoms with Gasteiger partial charge in [0.1, 0.15) is 0 Å². The zero-order valence-electron chi connectivity index (χ0n) is 8.03. The highest BCUT2D eigenvalue weighted by molar-refractivity contribution is 5.24. The molecular formula is C12H16O. The van der Waals surface area contributed by atoms with E-state index in [0.29, 0.717) is 5.92 Å². The van der Waals surface area contributed by atoms with Crippen LogP contribution in [0, 0.1) is 12.8 Å². The Balaban J connectivity index is 2.14. The summed E-state index contributed by atoms with van der Waals surface area (Å²) in [4.78, 5) is 0. The molecule has 1 fully saturated rings. The van der Waals surface area contributed by atoms with E-state index in [1.165, 1.54) is 24.8 Å². The number of aliphatic hydroxyl groups excluding tert-OH is 1. The summed E-state index contributed by atoms with van der Waals surface area (Å²) in [7, 11) is 0. The maximum absolute atomic E-state index is 9.96. The smallest absolute Gasteiger partial charge is 0.0818 e. The van der Waals surface area contributed by atoms with Crippen LogP contribution >= 0.6 is 0 Å². The van der Waals surface area contributed by atoms with E-state index in [0.717, 1.165) is 5.56 Å². The highest BCUT2D eigenvalue weighted by atomic mass is 16.3. The molecule has 0 heterocycles. The predicted molar refractivity (Wildman–Crippen MR) is 53.5 cm³/mol. The Hall–Kier alpha value is -0.820. The summed E-state index contributed by atoms with van der Waals surface area (Å²) >= 11 is 0. The summed E-state index contributed by atoms with van der Waals surface area (Å²) < 4.78 is 0. The van der Waals surface area contributed by atoms with Crippen molar-refractivity contribution in [1.82, 2.24) is 0 Å². The third-order valence-electron chi connectivity index (χ3n) is 2.98. The summed E-state index contributed by atoms with van der Waals surface area (Å²) in [6.07, 6.45) is 3.44. The van der Waals surface area contributed by atoms with Gasteiger partial charge < -0.3 is 5.11 Å². The molecule has 0 bridgehead atoms. The summed E-state index contributed by atoms with van der Waals surface area (Å²) in [6.45, 7) is 2.07. The fourth-order valence-corrected chi connectivity index (χ4v) is 1.88. The van der Waals surface area contributed by atoms with E-state index in [1.807, 2.05) is 12.1 Å². The van der Waals surface area contributed by atoms with Crippen LogP contribution in [-0.2, 0) is 0 Å². The minimum atomic E-state index is -0.228. The number of aliphatic hydroxyl groups is 1.